The first kappa shape index (κ1) is 20.1. The van der Waals surface area contributed by atoms with E-state index < -0.39 is 0 Å². The summed E-state index contributed by atoms with van der Waals surface area (Å²) >= 11 is 0. The van der Waals surface area contributed by atoms with Gasteiger partial charge in [-0.3, -0.25) is 19.1 Å². The van der Waals surface area contributed by atoms with Crippen molar-refractivity contribution < 1.29 is 9.53 Å². The van der Waals surface area contributed by atoms with Crippen LogP contribution in [0, 0.1) is 0 Å². The maximum Gasteiger partial charge on any atom is 0.219 e. The number of pyridine rings is 1. The molecular formula is C25H26N6O2. The third-order valence-corrected chi connectivity index (χ3v) is 6.80. The number of ether oxygens (including phenoxy) is 1. The van der Waals surface area contributed by atoms with Crippen LogP contribution in [0.3, 0.4) is 0 Å². The summed E-state index contributed by atoms with van der Waals surface area (Å²) in [7, 11) is 1.91. The fourth-order valence-corrected chi connectivity index (χ4v) is 5.03. The molecule has 3 aromatic heterocycles. The first-order valence-corrected chi connectivity index (χ1v) is 11.4. The lowest BCUT2D eigenvalue weighted by Crippen LogP contribution is -2.35. The quantitative estimate of drug-likeness (QED) is 0.486. The van der Waals surface area contributed by atoms with Crippen molar-refractivity contribution >= 4 is 16.8 Å². The number of benzene rings is 1. The number of fused-ring (bicyclic) bond motifs is 2. The summed E-state index contributed by atoms with van der Waals surface area (Å²) < 4.78 is 9.64. The second kappa shape index (κ2) is 7.81. The van der Waals surface area contributed by atoms with Gasteiger partial charge < -0.3 is 9.64 Å². The van der Waals surface area contributed by atoms with Crippen LogP contribution in [-0.4, -0.2) is 55.1 Å². The molecule has 2 aliphatic heterocycles. The molecule has 8 heteroatoms. The van der Waals surface area contributed by atoms with Crippen LogP contribution in [0.1, 0.15) is 30.6 Å². The van der Waals surface area contributed by atoms with Crippen molar-refractivity contribution in [1.82, 2.24) is 29.4 Å². The Morgan fingerprint density at radius 3 is 2.88 bits per heavy atom. The van der Waals surface area contributed by atoms with Crippen LogP contribution in [0.25, 0.3) is 33.3 Å². The second-order valence-electron chi connectivity index (χ2n) is 8.93. The summed E-state index contributed by atoms with van der Waals surface area (Å²) in [6.07, 6.45) is 7.51. The minimum Gasteiger partial charge on any atom is -0.379 e. The second-order valence-corrected chi connectivity index (χ2v) is 8.93. The van der Waals surface area contributed by atoms with Crippen molar-refractivity contribution in [3.8, 4) is 22.4 Å². The van der Waals surface area contributed by atoms with Crippen LogP contribution >= 0.6 is 0 Å². The fraction of sp³-hybridized carbons (Fsp3) is 0.360. The molecular weight excluding hydrogens is 416 g/mol. The van der Waals surface area contributed by atoms with E-state index in [2.05, 4.69) is 21.9 Å². The first-order chi connectivity index (χ1) is 16.1. The summed E-state index contributed by atoms with van der Waals surface area (Å²) in [5, 5.41) is 10.5. The van der Waals surface area contributed by atoms with Crippen LogP contribution < -0.4 is 0 Å². The minimum absolute atomic E-state index is 0.0991. The summed E-state index contributed by atoms with van der Waals surface area (Å²) in [5.74, 6) is 0.0991. The number of hydrogen-bond acceptors (Lipinski definition) is 5. The summed E-state index contributed by atoms with van der Waals surface area (Å²) in [6.45, 7) is 4.40. The van der Waals surface area contributed by atoms with E-state index in [4.69, 9.17) is 14.8 Å². The van der Waals surface area contributed by atoms with Crippen LogP contribution in [0.15, 0.2) is 42.9 Å². The van der Waals surface area contributed by atoms with Gasteiger partial charge in [-0.1, -0.05) is 12.1 Å². The Hall–Kier alpha value is -3.52. The van der Waals surface area contributed by atoms with Gasteiger partial charge in [-0.25, -0.2) is 0 Å². The first-order valence-electron chi connectivity index (χ1n) is 11.4. The fourth-order valence-electron chi connectivity index (χ4n) is 5.03. The molecule has 0 radical (unpaired) electrons. The van der Waals surface area contributed by atoms with Gasteiger partial charge in [0.2, 0.25) is 5.91 Å². The zero-order valence-corrected chi connectivity index (χ0v) is 18.9. The Bertz CT molecular complexity index is 1360. The average Bonchev–Trinajstić information content (AvgIpc) is 3.57. The largest absolute Gasteiger partial charge is 0.379 e. The zero-order chi connectivity index (χ0) is 22.5. The van der Waals surface area contributed by atoms with Crippen molar-refractivity contribution in [2.75, 3.05) is 19.8 Å². The molecule has 5 heterocycles. The SMILES string of the molecule is CC(=O)N1CCc2c(c(-c3cccc4ncc(-c5cnn(C)c5)cc34)nn2C2CCOC2)C1. The molecule has 8 nitrogen and oxygen atoms in total. The highest BCUT2D eigenvalue weighted by molar-refractivity contribution is 5.96. The highest BCUT2D eigenvalue weighted by Gasteiger charge is 2.31. The lowest BCUT2D eigenvalue weighted by atomic mass is 9.97. The molecule has 1 aromatic carbocycles. The van der Waals surface area contributed by atoms with Crippen molar-refractivity contribution in [3.05, 3.63) is 54.1 Å². The third-order valence-electron chi connectivity index (χ3n) is 6.80. The van der Waals surface area contributed by atoms with Crippen LogP contribution in [0.5, 0.6) is 0 Å². The van der Waals surface area contributed by atoms with E-state index >= 15 is 0 Å². The van der Waals surface area contributed by atoms with Crippen LogP contribution in [0.4, 0.5) is 0 Å². The molecule has 4 aromatic rings. The van der Waals surface area contributed by atoms with Crippen LogP contribution in [0.2, 0.25) is 0 Å². The lowest BCUT2D eigenvalue weighted by Gasteiger charge is -2.27. The Kier molecular flexibility index (Phi) is 4.76. The molecule has 1 unspecified atom stereocenters. The number of nitrogens with zero attached hydrogens (tertiary/aromatic N) is 6. The number of aromatic nitrogens is 5. The molecule has 0 bridgehead atoms. The topological polar surface area (TPSA) is 78.1 Å². The van der Waals surface area contributed by atoms with Gasteiger partial charge in [-0.2, -0.15) is 10.2 Å². The molecule has 1 saturated heterocycles. The van der Waals surface area contributed by atoms with E-state index in [0.717, 1.165) is 64.8 Å². The summed E-state index contributed by atoms with van der Waals surface area (Å²) in [5.41, 5.74) is 7.33. The summed E-state index contributed by atoms with van der Waals surface area (Å²) in [6, 6.07) is 8.59. The van der Waals surface area contributed by atoms with Crippen LogP contribution in [-0.2, 0) is 29.5 Å². The molecule has 6 rings (SSSR count). The van der Waals surface area contributed by atoms with Crippen molar-refractivity contribution in [1.29, 1.82) is 0 Å². The van der Waals surface area contributed by atoms with E-state index in [1.165, 1.54) is 5.69 Å². The van der Waals surface area contributed by atoms with E-state index in [1.54, 1.807) is 11.6 Å². The molecule has 2 aliphatic rings. The van der Waals surface area contributed by atoms with E-state index in [0.29, 0.717) is 13.2 Å². The molecule has 0 N–H and O–H groups in total. The van der Waals surface area contributed by atoms with Crippen molar-refractivity contribution in [2.24, 2.45) is 7.05 Å². The molecule has 1 amide bonds. The summed E-state index contributed by atoms with van der Waals surface area (Å²) in [4.78, 5) is 18.8. The Labute approximate surface area is 191 Å². The van der Waals surface area contributed by atoms with Gasteiger partial charge in [0.1, 0.15) is 0 Å². The number of aryl methyl sites for hydroxylation is 1. The highest BCUT2D eigenvalue weighted by atomic mass is 16.5. The van der Waals surface area contributed by atoms with Gasteiger partial charge in [-0.05, 0) is 18.6 Å². The Morgan fingerprint density at radius 2 is 2.12 bits per heavy atom. The molecule has 1 atom stereocenters. The van der Waals surface area contributed by atoms with Gasteiger partial charge in [0, 0.05) is 85.8 Å². The molecule has 168 valence electrons. The normalized spacial score (nSPS) is 18.1. The third kappa shape index (κ3) is 3.41. The number of rotatable bonds is 3. The predicted molar refractivity (Wildman–Crippen MR) is 124 cm³/mol. The van der Waals surface area contributed by atoms with Crippen molar-refractivity contribution in [2.45, 2.75) is 32.4 Å². The zero-order valence-electron chi connectivity index (χ0n) is 18.9. The average molecular weight is 443 g/mol. The van der Waals surface area contributed by atoms with Gasteiger partial charge in [0.05, 0.1) is 30.1 Å². The Balaban J connectivity index is 1.54. The molecule has 0 aliphatic carbocycles. The van der Waals surface area contributed by atoms with E-state index in [1.807, 2.05) is 42.7 Å². The predicted octanol–water partition coefficient (Wildman–Crippen LogP) is 3.36. The lowest BCUT2D eigenvalue weighted by molar-refractivity contribution is -0.129. The maximum atomic E-state index is 12.2. The number of amides is 1. The standard InChI is InChI=1S/C25H26N6O2/c1-16(32)30-8-6-24-22(14-30)25(28-31(24)19-7-9-33-15-19)20-4-3-5-23-21(20)10-17(11-26-23)18-12-27-29(2)13-18/h3-5,10-13,19H,6-9,14-15H2,1-2H3. The minimum atomic E-state index is 0.0991. The van der Waals surface area contributed by atoms with Gasteiger partial charge in [-0.15, -0.1) is 0 Å². The van der Waals surface area contributed by atoms with E-state index in [-0.39, 0.29) is 11.9 Å². The smallest absolute Gasteiger partial charge is 0.219 e. The highest BCUT2D eigenvalue weighted by Crippen LogP contribution is 2.37. The monoisotopic (exact) mass is 442 g/mol. The van der Waals surface area contributed by atoms with Gasteiger partial charge >= 0.3 is 0 Å². The number of hydrogen-bond donors (Lipinski definition) is 0. The van der Waals surface area contributed by atoms with E-state index in [9.17, 15) is 4.79 Å². The molecule has 0 spiro atoms. The number of carbonyl (C=O) groups excluding carboxylic acids is 1. The Morgan fingerprint density at radius 1 is 1.21 bits per heavy atom. The van der Waals surface area contributed by atoms with Gasteiger partial charge in [0.15, 0.2) is 0 Å². The molecule has 0 saturated carbocycles. The van der Waals surface area contributed by atoms with Crippen molar-refractivity contribution in [3.63, 3.8) is 0 Å². The maximum absolute atomic E-state index is 12.2. The molecule has 1 fully saturated rings. The number of carbonyl (C=O) groups is 1. The van der Waals surface area contributed by atoms with Gasteiger partial charge in [0.25, 0.3) is 0 Å². The molecule has 33 heavy (non-hydrogen) atoms.